The Hall–Kier alpha value is -0.830. The van der Waals surface area contributed by atoms with E-state index in [1.807, 2.05) is 4.90 Å². The van der Waals surface area contributed by atoms with Crippen LogP contribution < -0.4 is 0 Å². The predicted molar refractivity (Wildman–Crippen MR) is 58.3 cm³/mol. The van der Waals surface area contributed by atoms with E-state index < -0.39 is 0 Å². The molecule has 84 valence electrons. The molecule has 0 aromatic rings. The quantitative estimate of drug-likeness (QED) is 0.697. The second kappa shape index (κ2) is 4.79. The number of β-amino-alcohol motifs (C(OH)–C–C–N with tert-alkyl or cyclic N) is 1. The molecule has 1 aliphatic carbocycles. The minimum atomic E-state index is -0.304. The number of nitrogens with zero attached hydrogens (tertiary/aromatic N) is 1. The fourth-order valence-electron chi connectivity index (χ4n) is 2.40. The zero-order valence-corrected chi connectivity index (χ0v) is 9.06. The molecule has 1 N–H and O–H groups in total. The Kier molecular flexibility index (Phi) is 3.41. The van der Waals surface area contributed by atoms with Crippen molar-refractivity contribution in [3.63, 3.8) is 0 Å². The van der Waals surface area contributed by atoms with Crippen molar-refractivity contribution < 1.29 is 9.90 Å². The number of rotatable bonds is 2. The summed E-state index contributed by atoms with van der Waals surface area (Å²) in [6.45, 7) is 1.36. The average Bonchev–Trinajstić information content (AvgIpc) is 2.70. The molecule has 0 aromatic heterocycles. The van der Waals surface area contributed by atoms with E-state index in [0.717, 1.165) is 32.2 Å². The number of hydrogen-bond donors (Lipinski definition) is 1. The van der Waals surface area contributed by atoms with Gasteiger partial charge in [0.25, 0.3) is 0 Å². The molecule has 1 aliphatic heterocycles. The molecule has 1 fully saturated rings. The maximum Gasteiger partial charge on any atom is 0.223 e. The van der Waals surface area contributed by atoms with E-state index in [0.29, 0.717) is 18.9 Å². The van der Waals surface area contributed by atoms with Gasteiger partial charge in [-0.1, -0.05) is 12.2 Å². The third-order valence-corrected chi connectivity index (χ3v) is 3.30. The lowest BCUT2D eigenvalue weighted by molar-refractivity contribution is -0.134. The summed E-state index contributed by atoms with van der Waals surface area (Å²) in [6, 6.07) is 0. The Bertz CT molecular complexity index is 262. The summed E-state index contributed by atoms with van der Waals surface area (Å²) in [5, 5.41) is 9.48. The number of amides is 1. The smallest absolute Gasteiger partial charge is 0.223 e. The highest BCUT2D eigenvalue weighted by molar-refractivity contribution is 5.76. The molecule has 0 saturated carbocycles. The van der Waals surface area contributed by atoms with Crippen LogP contribution in [-0.4, -0.2) is 35.1 Å². The SMILES string of the molecule is O=C(CC1C=CCC1)N1CCCC(O)C1. The Labute approximate surface area is 90.8 Å². The van der Waals surface area contributed by atoms with Crippen LogP contribution in [0.4, 0.5) is 0 Å². The largest absolute Gasteiger partial charge is 0.391 e. The highest BCUT2D eigenvalue weighted by Gasteiger charge is 2.24. The van der Waals surface area contributed by atoms with Gasteiger partial charge in [-0.25, -0.2) is 0 Å². The second-order valence-electron chi connectivity index (χ2n) is 4.61. The van der Waals surface area contributed by atoms with Crippen molar-refractivity contribution in [2.75, 3.05) is 13.1 Å². The number of likely N-dealkylation sites (tertiary alicyclic amines) is 1. The van der Waals surface area contributed by atoms with Gasteiger partial charge in [0.15, 0.2) is 0 Å². The predicted octanol–water partition coefficient (Wildman–Crippen LogP) is 1.33. The van der Waals surface area contributed by atoms with Gasteiger partial charge in [0.2, 0.25) is 5.91 Å². The van der Waals surface area contributed by atoms with Crippen molar-refractivity contribution in [2.24, 2.45) is 5.92 Å². The van der Waals surface area contributed by atoms with Crippen LogP contribution in [0, 0.1) is 5.92 Å². The molecule has 0 aromatic carbocycles. The van der Waals surface area contributed by atoms with E-state index in [1.165, 1.54) is 0 Å². The first-order chi connectivity index (χ1) is 7.25. The van der Waals surface area contributed by atoms with Crippen LogP contribution in [0.2, 0.25) is 0 Å². The summed E-state index contributed by atoms with van der Waals surface area (Å²) in [6.07, 6.45) is 8.63. The third kappa shape index (κ3) is 2.81. The molecule has 0 spiro atoms. The van der Waals surface area contributed by atoms with Gasteiger partial charge in [-0.15, -0.1) is 0 Å². The molecule has 3 nitrogen and oxygen atoms in total. The monoisotopic (exact) mass is 209 g/mol. The Morgan fingerprint density at radius 2 is 2.33 bits per heavy atom. The lowest BCUT2D eigenvalue weighted by Gasteiger charge is -2.30. The molecule has 0 bridgehead atoms. The number of aliphatic hydroxyl groups excluding tert-OH is 1. The summed E-state index contributed by atoms with van der Waals surface area (Å²) in [5.74, 6) is 0.655. The van der Waals surface area contributed by atoms with Crippen molar-refractivity contribution in [2.45, 2.75) is 38.2 Å². The summed E-state index contributed by atoms with van der Waals surface area (Å²) in [7, 11) is 0. The number of piperidine rings is 1. The van der Waals surface area contributed by atoms with Crippen LogP contribution in [0.25, 0.3) is 0 Å². The summed E-state index contributed by atoms with van der Waals surface area (Å²) < 4.78 is 0. The normalized spacial score (nSPS) is 30.9. The zero-order valence-electron chi connectivity index (χ0n) is 9.06. The third-order valence-electron chi connectivity index (χ3n) is 3.30. The molecule has 2 aliphatic rings. The first-order valence-corrected chi connectivity index (χ1v) is 5.88. The van der Waals surface area contributed by atoms with Crippen molar-refractivity contribution in [1.29, 1.82) is 0 Å². The lowest BCUT2D eigenvalue weighted by atomic mass is 10.0. The van der Waals surface area contributed by atoms with Gasteiger partial charge in [0.1, 0.15) is 0 Å². The molecule has 15 heavy (non-hydrogen) atoms. The van der Waals surface area contributed by atoms with Gasteiger partial charge in [0, 0.05) is 19.5 Å². The Morgan fingerprint density at radius 3 is 3.00 bits per heavy atom. The molecule has 2 atom stereocenters. The minimum Gasteiger partial charge on any atom is -0.391 e. The molecule has 2 rings (SSSR count). The van der Waals surface area contributed by atoms with Crippen molar-refractivity contribution >= 4 is 5.91 Å². The van der Waals surface area contributed by atoms with Crippen molar-refractivity contribution in [3.8, 4) is 0 Å². The van der Waals surface area contributed by atoms with E-state index in [4.69, 9.17) is 0 Å². The summed E-state index contributed by atoms with van der Waals surface area (Å²) in [4.78, 5) is 13.7. The van der Waals surface area contributed by atoms with Crippen LogP contribution >= 0.6 is 0 Å². The van der Waals surface area contributed by atoms with E-state index >= 15 is 0 Å². The molecule has 1 amide bonds. The maximum absolute atomic E-state index is 11.9. The summed E-state index contributed by atoms with van der Waals surface area (Å²) in [5.41, 5.74) is 0. The molecule has 1 heterocycles. The molecular weight excluding hydrogens is 190 g/mol. The second-order valence-corrected chi connectivity index (χ2v) is 4.61. The van der Waals surface area contributed by atoms with Gasteiger partial charge in [-0.2, -0.15) is 0 Å². The van der Waals surface area contributed by atoms with Gasteiger partial charge in [-0.3, -0.25) is 4.79 Å². The van der Waals surface area contributed by atoms with Crippen LogP contribution in [0.15, 0.2) is 12.2 Å². The highest BCUT2D eigenvalue weighted by atomic mass is 16.3. The zero-order chi connectivity index (χ0) is 10.7. The summed E-state index contributed by atoms with van der Waals surface area (Å²) >= 11 is 0. The van der Waals surface area contributed by atoms with Gasteiger partial charge < -0.3 is 10.0 Å². The number of allylic oxidation sites excluding steroid dienone is 2. The number of hydrogen-bond acceptors (Lipinski definition) is 2. The first kappa shape index (κ1) is 10.7. The number of carbonyl (C=O) groups is 1. The van der Waals surface area contributed by atoms with Gasteiger partial charge >= 0.3 is 0 Å². The molecule has 0 radical (unpaired) electrons. The average molecular weight is 209 g/mol. The van der Waals surface area contributed by atoms with E-state index in [1.54, 1.807) is 0 Å². The highest BCUT2D eigenvalue weighted by Crippen LogP contribution is 2.22. The van der Waals surface area contributed by atoms with Crippen LogP contribution in [0.3, 0.4) is 0 Å². The van der Waals surface area contributed by atoms with E-state index in [2.05, 4.69) is 12.2 Å². The molecule has 3 heteroatoms. The molecule has 2 unspecified atom stereocenters. The molecular formula is C12H19NO2. The van der Waals surface area contributed by atoms with Gasteiger partial charge in [0.05, 0.1) is 6.10 Å². The van der Waals surface area contributed by atoms with E-state index in [-0.39, 0.29) is 12.0 Å². The Balaban J connectivity index is 1.81. The first-order valence-electron chi connectivity index (χ1n) is 5.88. The maximum atomic E-state index is 11.9. The van der Waals surface area contributed by atoms with Crippen LogP contribution in [0.5, 0.6) is 0 Å². The topological polar surface area (TPSA) is 40.5 Å². The minimum absolute atomic E-state index is 0.213. The fraction of sp³-hybridized carbons (Fsp3) is 0.750. The number of carbonyl (C=O) groups excluding carboxylic acids is 1. The van der Waals surface area contributed by atoms with Crippen LogP contribution in [0.1, 0.15) is 32.1 Å². The Morgan fingerprint density at radius 1 is 1.47 bits per heavy atom. The fourth-order valence-corrected chi connectivity index (χ4v) is 2.40. The van der Waals surface area contributed by atoms with Crippen molar-refractivity contribution in [3.05, 3.63) is 12.2 Å². The van der Waals surface area contributed by atoms with Gasteiger partial charge in [-0.05, 0) is 31.6 Å². The van der Waals surface area contributed by atoms with E-state index in [9.17, 15) is 9.90 Å². The van der Waals surface area contributed by atoms with Crippen molar-refractivity contribution in [1.82, 2.24) is 4.90 Å². The van der Waals surface area contributed by atoms with Crippen LogP contribution in [-0.2, 0) is 4.79 Å². The number of aliphatic hydroxyl groups is 1. The standard InChI is InChI=1S/C12H19NO2/c14-11-6-3-7-13(9-11)12(15)8-10-4-1-2-5-10/h1,4,10-11,14H,2-3,5-9H2. The lowest BCUT2D eigenvalue weighted by Crippen LogP contribution is -2.42. The molecule has 1 saturated heterocycles.